The zero-order chi connectivity index (χ0) is 12.3. The van der Waals surface area contributed by atoms with E-state index in [4.69, 9.17) is 22.1 Å². The lowest BCUT2D eigenvalue weighted by Gasteiger charge is -2.39. The molecular weight excluding hydrogens is 234 g/mol. The summed E-state index contributed by atoms with van der Waals surface area (Å²) in [5.74, 6) is 0.988. The third-order valence-corrected chi connectivity index (χ3v) is 4.13. The first-order valence-corrected chi connectivity index (χ1v) is 6.58. The van der Waals surface area contributed by atoms with Gasteiger partial charge >= 0.3 is 0 Å². The minimum Gasteiger partial charge on any atom is -0.487 e. The molecule has 0 bridgehead atoms. The number of rotatable bonds is 1. The van der Waals surface area contributed by atoms with Gasteiger partial charge in [0, 0.05) is 22.5 Å². The topological polar surface area (TPSA) is 35.2 Å². The molecule has 92 valence electrons. The normalized spacial score (nSPS) is 23.8. The summed E-state index contributed by atoms with van der Waals surface area (Å²) in [6, 6.07) is 4.00. The molecule has 2 nitrogen and oxygen atoms in total. The molecule has 1 aromatic rings. The van der Waals surface area contributed by atoms with E-state index in [1.54, 1.807) is 0 Å². The summed E-state index contributed by atoms with van der Waals surface area (Å²) in [6.45, 7) is 4.21. The van der Waals surface area contributed by atoms with Crippen molar-refractivity contribution in [2.45, 2.75) is 50.7 Å². The first-order chi connectivity index (χ1) is 7.90. The lowest BCUT2D eigenvalue weighted by Crippen LogP contribution is -2.43. The van der Waals surface area contributed by atoms with Gasteiger partial charge in [0.05, 0.1) is 0 Å². The molecule has 0 saturated heterocycles. The van der Waals surface area contributed by atoms with Crippen molar-refractivity contribution < 1.29 is 4.74 Å². The van der Waals surface area contributed by atoms with E-state index < -0.39 is 0 Å². The second kappa shape index (κ2) is 3.39. The van der Waals surface area contributed by atoms with Crippen molar-refractivity contribution in [2.75, 3.05) is 0 Å². The predicted molar refractivity (Wildman–Crippen MR) is 69.6 cm³/mol. The van der Waals surface area contributed by atoms with E-state index in [1.807, 2.05) is 12.1 Å². The third kappa shape index (κ3) is 1.74. The van der Waals surface area contributed by atoms with E-state index >= 15 is 0 Å². The van der Waals surface area contributed by atoms with Gasteiger partial charge in [0.1, 0.15) is 11.4 Å². The minimum absolute atomic E-state index is 0.137. The summed E-state index contributed by atoms with van der Waals surface area (Å²) in [5, 5.41) is 0.775. The van der Waals surface area contributed by atoms with Crippen molar-refractivity contribution in [3.8, 4) is 5.75 Å². The van der Waals surface area contributed by atoms with E-state index in [-0.39, 0.29) is 11.1 Å². The number of hydrogen-bond donors (Lipinski definition) is 1. The first-order valence-electron chi connectivity index (χ1n) is 6.20. The largest absolute Gasteiger partial charge is 0.487 e. The maximum atomic E-state index is 6.42. The van der Waals surface area contributed by atoms with Gasteiger partial charge in [-0.25, -0.2) is 0 Å². The van der Waals surface area contributed by atoms with Gasteiger partial charge in [0.15, 0.2) is 0 Å². The molecule has 1 aromatic carbocycles. The summed E-state index contributed by atoms with van der Waals surface area (Å²) >= 11 is 6.20. The van der Waals surface area contributed by atoms with Crippen LogP contribution in [0.2, 0.25) is 5.02 Å². The highest BCUT2D eigenvalue weighted by molar-refractivity contribution is 6.30. The minimum atomic E-state index is -0.213. The monoisotopic (exact) mass is 251 g/mol. The Bertz CT molecular complexity index is 477. The molecule has 0 radical (unpaired) electrons. The van der Waals surface area contributed by atoms with E-state index in [1.165, 1.54) is 12.0 Å². The molecule has 0 aromatic heterocycles. The highest BCUT2D eigenvalue weighted by atomic mass is 35.5. The number of halogens is 1. The summed E-state index contributed by atoms with van der Waals surface area (Å²) in [7, 11) is 0. The molecular formula is C14H18ClNO. The number of nitrogens with two attached hydrogens (primary N) is 1. The van der Waals surface area contributed by atoms with Crippen molar-refractivity contribution in [1.29, 1.82) is 0 Å². The van der Waals surface area contributed by atoms with Crippen LogP contribution in [0.25, 0.3) is 0 Å². The third-order valence-electron chi connectivity index (χ3n) is 3.91. The number of hydrogen-bond acceptors (Lipinski definition) is 2. The lowest BCUT2D eigenvalue weighted by atomic mass is 9.72. The molecule has 17 heavy (non-hydrogen) atoms. The van der Waals surface area contributed by atoms with Gasteiger partial charge in [-0.2, -0.15) is 0 Å². The Kier molecular flexibility index (Phi) is 2.27. The molecule has 2 aliphatic rings. The zero-order valence-electron chi connectivity index (χ0n) is 10.3. The average molecular weight is 252 g/mol. The van der Waals surface area contributed by atoms with Crippen LogP contribution in [0.15, 0.2) is 12.1 Å². The molecule has 3 heteroatoms. The fraction of sp³-hybridized carbons (Fsp3) is 0.571. The highest BCUT2D eigenvalue weighted by Crippen LogP contribution is 2.48. The molecule has 1 fully saturated rings. The standard InChI is InChI=1S/C14H18ClNO/c1-13(2)8-9-6-10(15)7-11(12(9)17-13)14(16)4-3-5-14/h6-7H,3-5,8,16H2,1-2H3. The molecule has 0 unspecified atom stereocenters. The maximum Gasteiger partial charge on any atom is 0.128 e. The van der Waals surface area contributed by atoms with Crippen LogP contribution < -0.4 is 10.5 Å². The fourth-order valence-electron chi connectivity index (χ4n) is 2.87. The molecule has 0 amide bonds. The molecule has 0 atom stereocenters. The van der Waals surface area contributed by atoms with Gasteiger partial charge in [-0.15, -0.1) is 0 Å². The molecule has 2 N–H and O–H groups in total. The second-order valence-corrected chi connectivity index (χ2v) is 6.43. The predicted octanol–water partition coefficient (Wildman–Crippen LogP) is 3.39. The maximum absolute atomic E-state index is 6.42. The first kappa shape index (κ1) is 11.4. The van der Waals surface area contributed by atoms with Gasteiger partial charge in [-0.1, -0.05) is 11.6 Å². The Hall–Kier alpha value is -0.730. The van der Waals surface area contributed by atoms with Crippen molar-refractivity contribution in [3.05, 3.63) is 28.3 Å². The number of fused-ring (bicyclic) bond motifs is 1. The Morgan fingerprint density at radius 2 is 2.00 bits per heavy atom. The average Bonchev–Trinajstić information content (AvgIpc) is 2.47. The Balaban J connectivity index is 2.12. The van der Waals surface area contributed by atoms with E-state index in [0.717, 1.165) is 35.6 Å². The van der Waals surface area contributed by atoms with Crippen LogP contribution in [0.4, 0.5) is 0 Å². The second-order valence-electron chi connectivity index (χ2n) is 5.99. The number of ether oxygens (including phenoxy) is 1. The van der Waals surface area contributed by atoms with E-state index in [2.05, 4.69) is 13.8 Å². The highest BCUT2D eigenvalue weighted by Gasteiger charge is 2.41. The van der Waals surface area contributed by atoms with Crippen LogP contribution in [-0.2, 0) is 12.0 Å². The Morgan fingerprint density at radius 1 is 1.29 bits per heavy atom. The van der Waals surface area contributed by atoms with Gasteiger partial charge < -0.3 is 10.5 Å². The van der Waals surface area contributed by atoms with Crippen molar-refractivity contribution in [1.82, 2.24) is 0 Å². The van der Waals surface area contributed by atoms with Gasteiger partial charge in [-0.05, 0) is 50.8 Å². The quantitative estimate of drug-likeness (QED) is 0.830. The lowest BCUT2D eigenvalue weighted by molar-refractivity contribution is 0.131. The molecule has 1 aliphatic carbocycles. The van der Waals surface area contributed by atoms with Gasteiger partial charge in [0.25, 0.3) is 0 Å². The Labute approximate surface area is 107 Å². The van der Waals surface area contributed by atoms with Crippen molar-refractivity contribution in [2.24, 2.45) is 5.73 Å². The molecule has 0 spiro atoms. The Morgan fingerprint density at radius 3 is 2.59 bits per heavy atom. The summed E-state index contributed by atoms with van der Waals surface area (Å²) in [6.07, 6.45) is 4.17. The SMILES string of the molecule is CC1(C)Cc2cc(Cl)cc(C3(N)CCC3)c2O1. The van der Waals surface area contributed by atoms with Crippen LogP contribution in [-0.4, -0.2) is 5.60 Å². The van der Waals surface area contributed by atoms with E-state index in [0.29, 0.717) is 0 Å². The van der Waals surface area contributed by atoms with Crippen LogP contribution in [0.3, 0.4) is 0 Å². The number of benzene rings is 1. The van der Waals surface area contributed by atoms with Crippen molar-refractivity contribution in [3.63, 3.8) is 0 Å². The summed E-state index contributed by atoms with van der Waals surface area (Å²) in [4.78, 5) is 0. The van der Waals surface area contributed by atoms with E-state index in [9.17, 15) is 0 Å². The molecule has 1 heterocycles. The molecule has 3 rings (SSSR count). The van der Waals surface area contributed by atoms with Crippen LogP contribution >= 0.6 is 11.6 Å². The van der Waals surface area contributed by atoms with Gasteiger partial charge in [-0.3, -0.25) is 0 Å². The smallest absolute Gasteiger partial charge is 0.128 e. The molecule has 1 saturated carbocycles. The zero-order valence-corrected chi connectivity index (χ0v) is 11.1. The van der Waals surface area contributed by atoms with Crippen molar-refractivity contribution >= 4 is 11.6 Å². The summed E-state index contributed by atoms with van der Waals surface area (Å²) < 4.78 is 6.06. The van der Waals surface area contributed by atoms with Crippen LogP contribution in [0.1, 0.15) is 44.2 Å². The van der Waals surface area contributed by atoms with Crippen LogP contribution in [0.5, 0.6) is 5.75 Å². The summed E-state index contributed by atoms with van der Waals surface area (Å²) in [5.41, 5.74) is 8.38. The fourth-order valence-corrected chi connectivity index (χ4v) is 3.11. The molecule has 1 aliphatic heterocycles. The van der Waals surface area contributed by atoms with Crippen LogP contribution in [0, 0.1) is 0 Å². The van der Waals surface area contributed by atoms with Gasteiger partial charge in [0.2, 0.25) is 0 Å².